The molecule has 1 saturated heterocycles. The van der Waals surface area contributed by atoms with Gasteiger partial charge in [-0.05, 0) is 31.7 Å². The highest BCUT2D eigenvalue weighted by Crippen LogP contribution is 2.39. The first kappa shape index (κ1) is 13.1. The highest BCUT2D eigenvalue weighted by atomic mass is 16.4. The van der Waals surface area contributed by atoms with Gasteiger partial charge < -0.3 is 20.9 Å². The van der Waals surface area contributed by atoms with Gasteiger partial charge in [-0.2, -0.15) is 0 Å². The maximum Gasteiger partial charge on any atom is 0.226 e. The Morgan fingerprint density at radius 2 is 2.20 bits per heavy atom. The number of hydrogen-bond acceptors (Lipinski definition) is 6. The number of aliphatic hydroxyl groups excluding tert-OH is 1. The molecule has 0 amide bonds. The van der Waals surface area contributed by atoms with E-state index in [4.69, 9.17) is 10.9 Å². The average Bonchev–Trinajstić information content (AvgIpc) is 3.00. The molecule has 3 atom stereocenters. The molecule has 1 saturated carbocycles. The van der Waals surface area contributed by atoms with Gasteiger partial charge in [0.05, 0.1) is 6.10 Å². The van der Waals surface area contributed by atoms with Gasteiger partial charge >= 0.3 is 0 Å². The van der Waals surface area contributed by atoms with Gasteiger partial charge in [-0.1, -0.05) is 5.16 Å². The molecule has 2 heterocycles. The second-order valence-electron chi connectivity index (χ2n) is 5.65. The van der Waals surface area contributed by atoms with Crippen LogP contribution in [0.4, 0.5) is 5.95 Å². The number of nitrogens with two attached hydrogens (primary N) is 1. The van der Waals surface area contributed by atoms with Crippen LogP contribution in [0.5, 0.6) is 0 Å². The van der Waals surface area contributed by atoms with Crippen molar-refractivity contribution in [1.29, 1.82) is 0 Å². The molecule has 7 nitrogen and oxygen atoms in total. The number of nitrogens with zero attached hydrogens (tertiary/aromatic N) is 4. The predicted molar refractivity (Wildman–Crippen MR) is 73.7 cm³/mol. The largest absolute Gasteiger partial charge is 0.409 e. The Morgan fingerprint density at radius 1 is 1.40 bits per heavy atom. The SMILES string of the molecule is Cc1cc(/C(N)=N/O)nc(N2CC3CCC(O)C3C2)n1. The number of aliphatic hydroxyl groups is 1. The lowest BCUT2D eigenvalue weighted by molar-refractivity contribution is 0.133. The zero-order chi connectivity index (χ0) is 14.3. The maximum absolute atomic E-state index is 9.96. The Labute approximate surface area is 117 Å². The summed E-state index contributed by atoms with van der Waals surface area (Å²) >= 11 is 0. The van der Waals surface area contributed by atoms with Gasteiger partial charge in [0.1, 0.15) is 5.69 Å². The minimum Gasteiger partial charge on any atom is -0.409 e. The van der Waals surface area contributed by atoms with Crippen molar-refractivity contribution in [3.05, 3.63) is 17.5 Å². The number of fused-ring (bicyclic) bond motifs is 1. The van der Waals surface area contributed by atoms with Gasteiger partial charge in [0, 0.05) is 24.7 Å². The molecule has 1 aliphatic heterocycles. The Hall–Kier alpha value is -1.89. The lowest BCUT2D eigenvalue weighted by Gasteiger charge is -2.19. The van der Waals surface area contributed by atoms with Crippen LogP contribution in [0, 0.1) is 18.8 Å². The summed E-state index contributed by atoms with van der Waals surface area (Å²) in [5.41, 5.74) is 6.79. The van der Waals surface area contributed by atoms with Crippen molar-refractivity contribution < 1.29 is 10.3 Å². The number of aryl methyl sites for hydroxylation is 1. The molecule has 0 aromatic carbocycles. The number of rotatable bonds is 2. The minimum absolute atomic E-state index is 0.0174. The molecule has 108 valence electrons. The van der Waals surface area contributed by atoms with Gasteiger partial charge in [-0.3, -0.25) is 0 Å². The second-order valence-corrected chi connectivity index (χ2v) is 5.65. The first-order chi connectivity index (χ1) is 9.58. The number of hydrogen-bond donors (Lipinski definition) is 3. The zero-order valence-electron chi connectivity index (χ0n) is 11.4. The molecule has 20 heavy (non-hydrogen) atoms. The highest BCUT2D eigenvalue weighted by Gasteiger charge is 2.42. The Morgan fingerprint density at radius 3 is 2.90 bits per heavy atom. The second kappa shape index (κ2) is 4.90. The van der Waals surface area contributed by atoms with Gasteiger partial charge in [0.25, 0.3) is 0 Å². The summed E-state index contributed by atoms with van der Waals surface area (Å²) in [6.07, 6.45) is 1.74. The van der Waals surface area contributed by atoms with Crippen LogP contribution in [-0.2, 0) is 0 Å². The molecule has 1 aromatic heterocycles. The molecule has 1 aliphatic carbocycles. The maximum atomic E-state index is 9.96. The van der Waals surface area contributed by atoms with E-state index >= 15 is 0 Å². The molecule has 1 aromatic rings. The van der Waals surface area contributed by atoms with E-state index in [1.165, 1.54) is 0 Å². The molecule has 2 aliphatic rings. The molecule has 2 fully saturated rings. The Balaban J connectivity index is 1.86. The standard InChI is InChI=1S/C13H19N5O2/c1-7-4-10(12(14)17-20)16-13(15-7)18-5-8-2-3-11(19)9(8)6-18/h4,8-9,11,19-20H,2-3,5-6H2,1H3,(H2,14,17). The summed E-state index contributed by atoms with van der Waals surface area (Å²) in [5.74, 6) is 1.40. The van der Waals surface area contributed by atoms with E-state index in [0.717, 1.165) is 31.6 Å². The van der Waals surface area contributed by atoms with Crippen LogP contribution < -0.4 is 10.6 Å². The van der Waals surface area contributed by atoms with Crippen LogP contribution in [0.3, 0.4) is 0 Å². The average molecular weight is 277 g/mol. The summed E-state index contributed by atoms with van der Waals surface area (Å²) in [5, 5.41) is 21.7. The predicted octanol–water partition coefficient (Wildman–Crippen LogP) is 0.0866. The topological polar surface area (TPSA) is 108 Å². The normalized spacial score (nSPS) is 29.8. The fourth-order valence-corrected chi connectivity index (χ4v) is 3.28. The molecule has 3 rings (SSSR count). The summed E-state index contributed by atoms with van der Waals surface area (Å²) in [6, 6.07) is 1.68. The molecular formula is C13H19N5O2. The highest BCUT2D eigenvalue weighted by molar-refractivity contribution is 5.95. The summed E-state index contributed by atoms with van der Waals surface area (Å²) < 4.78 is 0. The van der Waals surface area contributed by atoms with E-state index in [1.54, 1.807) is 6.07 Å². The quantitative estimate of drug-likeness (QED) is 0.306. The van der Waals surface area contributed by atoms with Crippen LogP contribution in [0.2, 0.25) is 0 Å². The lowest BCUT2D eigenvalue weighted by atomic mass is 10.00. The molecule has 0 spiro atoms. The first-order valence-electron chi connectivity index (χ1n) is 6.85. The molecule has 0 bridgehead atoms. The third-order valence-corrected chi connectivity index (χ3v) is 4.31. The van der Waals surface area contributed by atoms with Crippen LogP contribution in [0.15, 0.2) is 11.2 Å². The van der Waals surface area contributed by atoms with Crippen molar-refractivity contribution >= 4 is 11.8 Å². The van der Waals surface area contributed by atoms with Crippen LogP contribution >= 0.6 is 0 Å². The Kier molecular flexibility index (Phi) is 3.21. The van der Waals surface area contributed by atoms with Crippen LogP contribution in [-0.4, -0.2) is 45.3 Å². The van der Waals surface area contributed by atoms with Crippen molar-refractivity contribution in [2.45, 2.75) is 25.9 Å². The number of aromatic nitrogens is 2. The Bertz CT molecular complexity index is 548. The fraction of sp³-hybridized carbons (Fsp3) is 0.615. The first-order valence-corrected chi connectivity index (χ1v) is 6.85. The van der Waals surface area contributed by atoms with E-state index in [-0.39, 0.29) is 11.9 Å². The summed E-state index contributed by atoms with van der Waals surface area (Å²) in [6.45, 7) is 3.48. The smallest absolute Gasteiger partial charge is 0.226 e. The number of amidine groups is 1. The summed E-state index contributed by atoms with van der Waals surface area (Å²) in [4.78, 5) is 10.9. The van der Waals surface area contributed by atoms with Crippen LogP contribution in [0.25, 0.3) is 0 Å². The minimum atomic E-state index is -0.210. The van der Waals surface area contributed by atoms with Gasteiger partial charge in [0.15, 0.2) is 5.84 Å². The molecular weight excluding hydrogens is 258 g/mol. The van der Waals surface area contributed by atoms with E-state index in [1.807, 2.05) is 6.92 Å². The fourth-order valence-electron chi connectivity index (χ4n) is 3.28. The van der Waals surface area contributed by atoms with Crippen molar-refractivity contribution in [2.24, 2.45) is 22.7 Å². The van der Waals surface area contributed by atoms with Gasteiger partial charge in [0.2, 0.25) is 5.95 Å². The monoisotopic (exact) mass is 277 g/mol. The van der Waals surface area contributed by atoms with E-state index < -0.39 is 0 Å². The van der Waals surface area contributed by atoms with Crippen LogP contribution in [0.1, 0.15) is 24.2 Å². The number of oxime groups is 1. The van der Waals surface area contributed by atoms with Gasteiger partial charge in [-0.25, -0.2) is 9.97 Å². The zero-order valence-corrected chi connectivity index (χ0v) is 11.4. The third-order valence-electron chi connectivity index (χ3n) is 4.31. The van der Waals surface area contributed by atoms with E-state index in [9.17, 15) is 5.11 Å². The van der Waals surface area contributed by atoms with E-state index in [0.29, 0.717) is 23.5 Å². The van der Waals surface area contributed by atoms with Crippen molar-refractivity contribution in [3.8, 4) is 0 Å². The van der Waals surface area contributed by atoms with Crippen molar-refractivity contribution in [3.63, 3.8) is 0 Å². The molecule has 0 radical (unpaired) electrons. The lowest BCUT2D eigenvalue weighted by Crippen LogP contribution is -2.27. The third kappa shape index (κ3) is 2.18. The summed E-state index contributed by atoms with van der Waals surface area (Å²) in [7, 11) is 0. The van der Waals surface area contributed by atoms with Gasteiger partial charge in [-0.15, -0.1) is 0 Å². The van der Waals surface area contributed by atoms with E-state index in [2.05, 4.69) is 20.0 Å². The molecule has 3 unspecified atom stereocenters. The van der Waals surface area contributed by atoms with Crippen molar-refractivity contribution in [1.82, 2.24) is 9.97 Å². The number of anilines is 1. The van der Waals surface area contributed by atoms with Crippen molar-refractivity contribution in [2.75, 3.05) is 18.0 Å². The molecule has 4 N–H and O–H groups in total. The molecule has 7 heteroatoms.